The highest BCUT2D eigenvalue weighted by atomic mass is 32.2. The fourth-order valence-electron chi connectivity index (χ4n) is 2.52. The van der Waals surface area contributed by atoms with E-state index in [1.165, 1.54) is 0 Å². The molecule has 0 bridgehead atoms. The van der Waals surface area contributed by atoms with E-state index < -0.39 is 12.3 Å². The molecule has 1 aromatic rings. The number of carbonyl (C=O) groups excluding carboxylic acids is 1. The lowest BCUT2D eigenvalue weighted by Gasteiger charge is -2.33. The van der Waals surface area contributed by atoms with Gasteiger partial charge in [-0.2, -0.15) is 0 Å². The van der Waals surface area contributed by atoms with E-state index in [0.717, 1.165) is 36.0 Å². The van der Waals surface area contributed by atoms with Crippen molar-refractivity contribution in [3.8, 4) is 0 Å². The monoisotopic (exact) mass is 319 g/mol. The minimum absolute atomic E-state index is 0.0559. The van der Waals surface area contributed by atoms with Gasteiger partial charge >= 0.3 is 0 Å². The van der Waals surface area contributed by atoms with Gasteiger partial charge in [-0.25, -0.2) is 4.99 Å². The number of ether oxygens (including phenoxy) is 1. The third-order valence-electron chi connectivity index (χ3n) is 3.71. The van der Waals surface area contributed by atoms with E-state index in [1.807, 2.05) is 30.3 Å². The fraction of sp³-hybridized carbons (Fsp3) is 0.500. The van der Waals surface area contributed by atoms with Crippen LogP contribution in [0.4, 0.5) is 5.69 Å². The predicted octanol–water partition coefficient (Wildman–Crippen LogP) is 2.55. The van der Waals surface area contributed by atoms with Crippen LogP contribution in [0.25, 0.3) is 0 Å². The van der Waals surface area contributed by atoms with Crippen molar-refractivity contribution in [1.82, 2.24) is 4.90 Å². The van der Waals surface area contributed by atoms with Crippen molar-refractivity contribution >= 4 is 28.5 Å². The number of amidine groups is 1. The van der Waals surface area contributed by atoms with Crippen molar-refractivity contribution in [2.75, 3.05) is 24.2 Å². The Morgan fingerprint density at radius 3 is 3.00 bits per heavy atom. The standard InChI is InChI=1S/C16H21N3O2S/c1-2-3-10-21-14-13(17-12-7-5-4-6-8-12)15(20)19-9-11-22-16(19)18-14/h4-8,13-14,17H,2-3,9-11H2,1H3. The molecule has 0 saturated carbocycles. The van der Waals surface area contributed by atoms with Crippen LogP contribution in [0.5, 0.6) is 0 Å². The summed E-state index contributed by atoms with van der Waals surface area (Å²) in [6.07, 6.45) is 1.59. The number of rotatable bonds is 6. The molecule has 6 heteroatoms. The minimum atomic E-state index is -0.457. The molecule has 118 valence electrons. The summed E-state index contributed by atoms with van der Waals surface area (Å²) in [6.45, 7) is 3.48. The lowest BCUT2D eigenvalue weighted by Crippen LogP contribution is -2.53. The Morgan fingerprint density at radius 1 is 1.41 bits per heavy atom. The summed E-state index contributed by atoms with van der Waals surface area (Å²) < 4.78 is 5.88. The minimum Gasteiger partial charge on any atom is -0.370 e. The number of aliphatic imine (C=N–C) groups is 1. The molecule has 22 heavy (non-hydrogen) atoms. The molecule has 2 unspecified atom stereocenters. The second-order valence-corrected chi connectivity index (χ2v) is 6.42. The first-order valence-corrected chi connectivity index (χ1v) is 8.73. The number of para-hydroxylation sites is 1. The van der Waals surface area contributed by atoms with Crippen LogP contribution >= 0.6 is 11.8 Å². The summed E-state index contributed by atoms with van der Waals surface area (Å²) in [5.41, 5.74) is 0.912. The maximum Gasteiger partial charge on any atom is 0.255 e. The Labute approximate surface area is 135 Å². The molecule has 2 atom stereocenters. The summed E-state index contributed by atoms with van der Waals surface area (Å²) >= 11 is 1.63. The number of hydrogen-bond acceptors (Lipinski definition) is 5. The highest BCUT2D eigenvalue weighted by molar-refractivity contribution is 8.14. The Kier molecular flexibility index (Phi) is 5.00. The second-order valence-electron chi connectivity index (χ2n) is 5.35. The molecular formula is C16H21N3O2S. The molecule has 0 aromatic heterocycles. The van der Waals surface area contributed by atoms with E-state index >= 15 is 0 Å². The lowest BCUT2D eigenvalue weighted by atomic mass is 10.1. The van der Waals surface area contributed by atoms with Crippen molar-refractivity contribution < 1.29 is 9.53 Å². The zero-order valence-electron chi connectivity index (χ0n) is 12.7. The van der Waals surface area contributed by atoms with Gasteiger partial charge in [0.25, 0.3) is 5.91 Å². The van der Waals surface area contributed by atoms with Gasteiger partial charge in [0.15, 0.2) is 17.4 Å². The first kappa shape index (κ1) is 15.4. The van der Waals surface area contributed by atoms with Crippen molar-refractivity contribution in [2.45, 2.75) is 32.0 Å². The summed E-state index contributed by atoms with van der Waals surface area (Å²) in [7, 11) is 0. The number of amides is 1. The normalized spacial score (nSPS) is 24.1. The molecule has 1 aromatic carbocycles. The summed E-state index contributed by atoms with van der Waals surface area (Å²) in [6, 6.07) is 9.30. The van der Waals surface area contributed by atoms with Gasteiger partial charge in [0.2, 0.25) is 0 Å². The van der Waals surface area contributed by atoms with E-state index in [1.54, 1.807) is 16.7 Å². The molecule has 2 aliphatic heterocycles. The van der Waals surface area contributed by atoms with Gasteiger partial charge < -0.3 is 10.1 Å². The number of anilines is 1. The SMILES string of the molecule is CCCCOC1N=C2SCCN2C(=O)C1Nc1ccccc1. The topological polar surface area (TPSA) is 53.9 Å². The fourth-order valence-corrected chi connectivity index (χ4v) is 3.49. The molecule has 0 radical (unpaired) electrons. The number of nitrogens with zero attached hydrogens (tertiary/aromatic N) is 2. The summed E-state index contributed by atoms with van der Waals surface area (Å²) in [5.74, 6) is 0.963. The number of nitrogens with one attached hydrogen (secondary N) is 1. The maximum absolute atomic E-state index is 12.7. The second kappa shape index (κ2) is 7.15. The first-order chi connectivity index (χ1) is 10.8. The number of fused-ring (bicyclic) bond motifs is 1. The van der Waals surface area contributed by atoms with Crippen LogP contribution in [-0.4, -0.2) is 47.1 Å². The number of unbranched alkanes of at least 4 members (excludes halogenated alkanes) is 1. The Bertz CT molecular complexity index is 550. The molecule has 1 saturated heterocycles. The molecule has 1 amide bonds. The van der Waals surface area contributed by atoms with Gasteiger partial charge in [0, 0.05) is 24.6 Å². The van der Waals surface area contributed by atoms with Crippen LogP contribution in [0, 0.1) is 0 Å². The first-order valence-electron chi connectivity index (χ1n) is 7.75. The van der Waals surface area contributed by atoms with Crippen molar-refractivity contribution in [3.63, 3.8) is 0 Å². The average molecular weight is 319 g/mol. The Morgan fingerprint density at radius 2 is 2.23 bits per heavy atom. The van der Waals surface area contributed by atoms with Crippen molar-refractivity contribution in [3.05, 3.63) is 30.3 Å². The van der Waals surface area contributed by atoms with E-state index in [2.05, 4.69) is 17.2 Å². The molecular weight excluding hydrogens is 298 g/mol. The van der Waals surface area contributed by atoms with Gasteiger partial charge in [-0.05, 0) is 18.6 Å². The maximum atomic E-state index is 12.7. The third kappa shape index (κ3) is 3.28. The highest BCUT2D eigenvalue weighted by Crippen LogP contribution is 2.27. The van der Waals surface area contributed by atoms with Gasteiger partial charge in [0.1, 0.15) is 0 Å². The van der Waals surface area contributed by atoms with E-state index in [9.17, 15) is 4.79 Å². The van der Waals surface area contributed by atoms with Gasteiger partial charge in [-0.3, -0.25) is 9.69 Å². The smallest absolute Gasteiger partial charge is 0.255 e. The van der Waals surface area contributed by atoms with Crippen molar-refractivity contribution in [2.24, 2.45) is 4.99 Å². The molecule has 1 fully saturated rings. The van der Waals surface area contributed by atoms with Crippen LogP contribution in [0.15, 0.2) is 35.3 Å². The van der Waals surface area contributed by atoms with E-state index in [0.29, 0.717) is 6.61 Å². The molecule has 2 aliphatic rings. The lowest BCUT2D eigenvalue weighted by molar-refractivity contribution is -0.132. The van der Waals surface area contributed by atoms with Gasteiger partial charge in [0.05, 0.1) is 0 Å². The zero-order valence-corrected chi connectivity index (χ0v) is 13.5. The number of hydrogen-bond donors (Lipinski definition) is 1. The quantitative estimate of drug-likeness (QED) is 0.819. The Balaban J connectivity index is 1.78. The predicted molar refractivity (Wildman–Crippen MR) is 90.1 cm³/mol. The number of benzene rings is 1. The number of thioether (sulfide) groups is 1. The van der Waals surface area contributed by atoms with E-state index in [-0.39, 0.29) is 5.91 Å². The van der Waals surface area contributed by atoms with Crippen LogP contribution in [0.3, 0.4) is 0 Å². The molecule has 5 nitrogen and oxygen atoms in total. The summed E-state index contributed by atoms with van der Waals surface area (Å²) in [4.78, 5) is 19.2. The van der Waals surface area contributed by atoms with Crippen LogP contribution in [0.2, 0.25) is 0 Å². The Hall–Kier alpha value is -1.53. The largest absolute Gasteiger partial charge is 0.370 e. The summed E-state index contributed by atoms with van der Waals surface area (Å²) in [5, 5.41) is 4.09. The van der Waals surface area contributed by atoms with Crippen LogP contribution < -0.4 is 5.32 Å². The van der Waals surface area contributed by atoms with Crippen LogP contribution in [-0.2, 0) is 9.53 Å². The zero-order chi connectivity index (χ0) is 15.4. The van der Waals surface area contributed by atoms with E-state index in [4.69, 9.17) is 4.74 Å². The van der Waals surface area contributed by atoms with Gasteiger partial charge in [-0.15, -0.1) is 0 Å². The molecule has 3 rings (SSSR count). The molecule has 1 N–H and O–H groups in total. The highest BCUT2D eigenvalue weighted by Gasteiger charge is 2.41. The third-order valence-corrected chi connectivity index (χ3v) is 4.69. The van der Waals surface area contributed by atoms with Gasteiger partial charge in [-0.1, -0.05) is 43.3 Å². The molecule has 0 spiro atoms. The molecule has 2 heterocycles. The van der Waals surface area contributed by atoms with Crippen LogP contribution in [0.1, 0.15) is 19.8 Å². The number of carbonyl (C=O) groups is 1. The average Bonchev–Trinajstić information content (AvgIpc) is 3.01. The molecule has 0 aliphatic carbocycles. The van der Waals surface area contributed by atoms with Crippen molar-refractivity contribution in [1.29, 1.82) is 0 Å².